The van der Waals surface area contributed by atoms with Crippen LogP contribution in [0.3, 0.4) is 0 Å². The van der Waals surface area contributed by atoms with Gasteiger partial charge in [-0.2, -0.15) is 0 Å². The number of allylic oxidation sites excluding steroid dienone is 2. The molecule has 0 aromatic rings. The first-order valence-electron chi connectivity index (χ1n) is 2.39. The number of rotatable bonds is 0. The maximum absolute atomic E-state index is 2.22. The van der Waals surface area contributed by atoms with Crippen LogP contribution in [0, 0.1) is 12.3 Å². The molecular formula is C6H9Y-. The maximum Gasteiger partial charge on any atom is 0 e. The van der Waals surface area contributed by atoms with Gasteiger partial charge in [-0.15, -0.1) is 12.3 Å². The molecule has 0 aliphatic heterocycles. The topological polar surface area (TPSA) is 0 Å². The second-order valence-corrected chi connectivity index (χ2v) is 1.83. The first kappa shape index (κ1) is 7.71. The first-order valence-corrected chi connectivity index (χ1v) is 2.39. The summed E-state index contributed by atoms with van der Waals surface area (Å²) >= 11 is 0. The minimum atomic E-state index is 0. The van der Waals surface area contributed by atoms with Gasteiger partial charge in [0, 0.05) is 32.7 Å². The zero-order valence-electron chi connectivity index (χ0n) is 4.59. The van der Waals surface area contributed by atoms with Gasteiger partial charge in [-0.25, -0.2) is 18.6 Å². The van der Waals surface area contributed by atoms with Crippen LogP contribution in [0.25, 0.3) is 0 Å². The Balaban J connectivity index is 0.000000360. The molecule has 1 radical (unpaired) electrons. The molecule has 0 saturated heterocycles. The third kappa shape index (κ3) is 2.51. The van der Waals surface area contributed by atoms with E-state index in [4.69, 9.17) is 0 Å². The summed E-state index contributed by atoms with van der Waals surface area (Å²) in [5.41, 5.74) is 0. The summed E-state index contributed by atoms with van der Waals surface area (Å²) in [6.07, 6.45) is 7.80. The van der Waals surface area contributed by atoms with Gasteiger partial charge in [0.25, 0.3) is 0 Å². The van der Waals surface area contributed by atoms with Crippen LogP contribution in [0.15, 0.2) is 12.2 Å². The molecule has 0 spiro atoms. The molecule has 1 heteroatoms. The molecule has 7 heavy (non-hydrogen) atoms. The Bertz CT molecular complexity index is 66.6. The summed E-state index contributed by atoms with van der Waals surface area (Å²) in [6, 6.07) is 0. The molecule has 0 amide bonds. The van der Waals surface area contributed by atoms with Crippen LogP contribution in [-0.4, -0.2) is 0 Å². The fourth-order valence-electron chi connectivity index (χ4n) is 0.640. The Kier molecular flexibility index (Phi) is 4.06. The predicted octanol–water partition coefficient (Wildman–Crippen LogP) is 1.78. The van der Waals surface area contributed by atoms with E-state index in [1.807, 2.05) is 0 Å². The molecule has 0 fully saturated rings. The van der Waals surface area contributed by atoms with Crippen molar-refractivity contribution in [2.75, 3.05) is 0 Å². The molecule has 1 aliphatic rings. The van der Waals surface area contributed by atoms with Gasteiger partial charge in [0.15, 0.2) is 0 Å². The van der Waals surface area contributed by atoms with Crippen LogP contribution in [-0.2, 0) is 32.7 Å². The van der Waals surface area contributed by atoms with Gasteiger partial charge in [0.2, 0.25) is 0 Å². The Hall–Kier alpha value is 0.714. The average Bonchev–Trinajstić information content (AvgIpc) is 1.86. The summed E-state index contributed by atoms with van der Waals surface area (Å²) in [4.78, 5) is 0. The van der Waals surface area contributed by atoms with Crippen LogP contribution in [0.4, 0.5) is 0 Å². The van der Waals surface area contributed by atoms with E-state index in [1.165, 1.54) is 6.42 Å². The van der Waals surface area contributed by atoms with E-state index in [0.29, 0.717) is 0 Å². The van der Waals surface area contributed by atoms with Crippen LogP contribution in [0.1, 0.15) is 13.3 Å². The smallest absolute Gasteiger partial charge is 0 e. The molecule has 1 unspecified atom stereocenters. The molecule has 0 N–H and O–H groups in total. The molecule has 0 aromatic heterocycles. The minimum Gasteiger partial charge on any atom is -0.232 e. The zero-order valence-corrected chi connectivity index (χ0v) is 7.43. The normalized spacial score (nSPS) is 26.1. The third-order valence-corrected chi connectivity index (χ3v) is 1.08. The van der Waals surface area contributed by atoms with Gasteiger partial charge in [0.05, 0.1) is 0 Å². The van der Waals surface area contributed by atoms with Gasteiger partial charge in [-0.1, -0.05) is 6.92 Å². The Morgan fingerprint density at radius 2 is 2.43 bits per heavy atom. The fourth-order valence-corrected chi connectivity index (χ4v) is 0.640. The van der Waals surface area contributed by atoms with Crippen LogP contribution < -0.4 is 0 Å². The summed E-state index contributed by atoms with van der Waals surface area (Å²) in [7, 11) is 0. The van der Waals surface area contributed by atoms with Gasteiger partial charge < -0.3 is 0 Å². The molecule has 1 rings (SSSR count). The van der Waals surface area contributed by atoms with Crippen molar-refractivity contribution >= 4 is 0 Å². The molecule has 0 aromatic carbocycles. The largest absolute Gasteiger partial charge is 0.232 e. The summed E-state index contributed by atoms with van der Waals surface area (Å²) in [5, 5.41) is 0. The average molecular weight is 170 g/mol. The van der Waals surface area contributed by atoms with Crippen molar-refractivity contribution < 1.29 is 32.7 Å². The van der Waals surface area contributed by atoms with Crippen molar-refractivity contribution in [1.29, 1.82) is 0 Å². The van der Waals surface area contributed by atoms with E-state index in [0.717, 1.165) is 5.92 Å². The van der Waals surface area contributed by atoms with Crippen LogP contribution >= 0.6 is 0 Å². The van der Waals surface area contributed by atoms with E-state index in [2.05, 4.69) is 25.5 Å². The summed E-state index contributed by atoms with van der Waals surface area (Å²) < 4.78 is 0. The van der Waals surface area contributed by atoms with Crippen LogP contribution in [0.5, 0.6) is 0 Å². The predicted molar refractivity (Wildman–Crippen MR) is 27.2 cm³/mol. The third-order valence-electron chi connectivity index (χ3n) is 1.08. The van der Waals surface area contributed by atoms with E-state index in [9.17, 15) is 0 Å². The second kappa shape index (κ2) is 3.68. The molecule has 37 valence electrons. The first-order chi connectivity index (χ1) is 2.89. The van der Waals surface area contributed by atoms with Gasteiger partial charge in [-0.3, -0.25) is 0 Å². The van der Waals surface area contributed by atoms with Gasteiger partial charge in [0.1, 0.15) is 0 Å². The Labute approximate surface area is 70.3 Å². The number of hydrogen-bond donors (Lipinski definition) is 0. The van der Waals surface area contributed by atoms with Crippen molar-refractivity contribution in [3.05, 3.63) is 18.6 Å². The van der Waals surface area contributed by atoms with E-state index < -0.39 is 0 Å². The van der Waals surface area contributed by atoms with Gasteiger partial charge in [-0.05, 0) is 0 Å². The molecule has 0 heterocycles. The zero-order chi connectivity index (χ0) is 4.41. The Morgan fingerprint density at radius 3 is 2.57 bits per heavy atom. The standard InChI is InChI=1S/C6H9.Y/c1-6-4-2-3-5-6;/h2-4,6H,5H2,1H3;/q-1;. The number of hydrogen-bond acceptors (Lipinski definition) is 0. The molecule has 0 nitrogen and oxygen atoms in total. The summed E-state index contributed by atoms with van der Waals surface area (Å²) in [5.74, 6) is 0.810. The van der Waals surface area contributed by atoms with Gasteiger partial charge >= 0.3 is 0 Å². The molecular weight excluding hydrogens is 161 g/mol. The van der Waals surface area contributed by atoms with Crippen LogP contribution in [0.2, 0.25) is 0 Å². The van der Waals surface area contributed by atoms with E-state index in [1.54, 1.807) is 0 Å². The van der Waals surface area contributed by atoms with Crippen molar-refractivity contribution in [1.82, 2.24) is 0 Å². The van der Waals surface area contributed by atoms with Crippen molar-refractivity contribution in [2.45, 2.75) is 13.3 Å². The monoisotopic (exact) mass is 170 g/mol. The molecule has 0 bridgehead atoms. The Morgan fingerprint density at radius 1 is 1.71 bits per heavy atom. The van der Waals surface area contributed by atoms with E-state index in [-0.39, 0.29) is 32.7 Å². The molecule has 0 saturated carbocycles. The van der Waals surface area contributed by atoms with Crippen molar-refractivity contribution in [3.63, 3.8) is 0 Å². The van der Waals surface area contributed by atoms with E-state index >= 15 is 0 Å². The molecule has 1 atom stereocenters. The quantitative estimate of drug-likeness (QED) is 0.486. The molecule has 1 aliphatic carbocycles. The SMILES string of the molecule is CC1C=C[CH-]C1.[Y]. The van der Waals surface area contributed by atoms with Crippen molar-refractivity contribution in [3.8, 4) is 0 Å². The second-order valence-electron chi connectivity index (χ2n) is 1.83. The van der Waals surface area contributed by atoms with Crippen molar-refractivity contribution in [2.24, 2.45) is 5.92 Å². The fraction of sp³-hybridized carbons (Fsp3) is 0.500. The summed E-state index contributed by atoms with van der Waals surface area (Å²) in [6.45, 7) is 2.22. The maximum atomic E-state index is 2.22. The minimum absolute atomic E-state index is 0.